The van der Waals surface area contributed by atoms with Gasteiger partial charge in [-0.05, 0) is 48.5 Å². The number of hydrogen-bond donors (Lipinski definition) is 0. The van der Waals surface area contributed by atoms with Gasteiger partial charge in [-0.25, -0.2) is 8.42 Å². The molecule has 2 aliphatic rings. The number of benzene rings is 2. The number of ether oxygens (including phenoxy) is 3. The Kier molecular flexibility index (Phi) is 5.74. The van der Waals surface area contributed by atoms with Gasteiger partial charge in [-0.1, -0.05) is 11.6 Å². The molecule has 2 saturated heterocycles. The second-order valence-corrected chi connectivity index (χ2v) is 9.94. The fourth-order valence-electron chi connectivity index (χ4n) is 3.93. The summed E-state index contributed by atoms with van der Waals surface area (Å²) < 4.78 is 42.6. The average molecular weight is 478 g/mol. The Bertz CT molecular complexity index is 1220. The molecule has 2 heterocycles. The number of amides is 1. The van der Waals surface area contributed by atoms with Crippen LogP contribution >= 0.6 is 11.6 Å². The highest BCUT2D eigenvalue weighted by molar-refractivity contribution is 7.93. The molecule has 0 N–H and O–H groups in total. The number of methoxy groups -OCH3 is 2. The molecule has 1 amide bonds. The number of hydrogen-bond acceptors (Lipinski definition) is 7. The molecule has 1 atom stereocenters. The smallest absolute Gasteiger partial charge is 0.228 e. The van der Waals surface area contributed by atoms with Gasteiger partial charge in [0.15, 0.2) is 6.79 Å². The van der Waals surface area contributed by atoms with Gasteiger partial charge in [0.25, 0.3) is 0 Å². The van der Waals surface area contributed by atoms with Crippen LogP contribution in [0.15, 0.2) is 52.9 Å². The summed E-state index contributed by atoms with van der Waals surface area (Å²) >= 11 is 5.87. The van der Waals surface area contributed by atoms with Gasteiger partial charge in [0.2, 0.25) is 26.4 Å². The van der Waals surface area contributed by atoms with E-state index in [2.05, 4.69) is 0 Å². The van der Waals surface area contributed by atoms with Crippen molar-refractivity contribution in [1.29, 1.82) is 0 Å². The number of nitrogens with zero attached hydrogens (tertiary/aromatic N) is 1. The quantitative estimate of drug-likeness (QED) is 0.343. The lowest BCUT2D eigenvalue weighted by atomic mass is 9.99. The van der Waals surface area contributed by atoms with E-state index in [4.69, 9.17) is 25.8 Å². The Morgan fingerprint density at radius 2 is 1.84 bits per heavy atom. The highest BCUT2D eigenvalue weighted by Gasteiger charge is 2.69. The van der Waals surface area contributed by atoms with E-state index in [-0.39, 0.29) is 23.8 Å². The number of sulfone groups is 1. The Hall–Kier alpha value is -2.88. The van der Waals surface area contributed by atoms with Crippen LogP contribution in [0.3, 0.4) is 0 Å². The van der Waals surface area contributed by atoms with Crippen molar-refractivity contribution in [1.82, 2.24) is 4.90 Å². The van der Waals surface area contributed by atoms with E-state index in [0.717, 1.165) is 4.90 Å². The van der Waals surface area contributed by atoms with Gasteiger partial charge in [-0.15, -0.1) is 0 Å². The fourth-order valence-corrected chi connectivity index (χ4v) is 6.08. The van der Waals surface area contributed by atoms with Crippen molar-refractivity contribution in [3.8, 4) is 11.5 Å². The summed E-state index contributed by atoms with van der Waals surface area (Å²) in [5.41, 5.74) is 0.703. The molecule has 2 aliphatic heterocycles. The van der Waals surface area contributed by atoms with Crippen LogP contribution in [-0.4, -0.2) is 57.4 Å². The Labute approximate surface area is 190 Å². The van der Waals surface area contributed by atoms with Gasteiger partial charge in [-0.2, -0.15) is 0 Å². The van der Waals surface area contributed by atoms with Crippen LogP contribution in [0.25, 0.3) is 6.08 Å². The predicted octanol–water partition coefficient (Wildman–Crippen LogP) is 2.70. The Morgan fingerprint density at radius 3 is 2.47 bits per heavy atom. The normalized spacial score (nSPS) is 21.5. The fraction of sp³-hybridized carbons (Fsp3) is 0.273. The molecule has 2 aromatic carbocycles. The summed E-state index contributed by atoms with van der Waals surface area (Å²) in [4.78, 5) is 24.8. The van der Waals surface area contributed by atoms with Crippen molar-refractivity contribution in [2.45, 2.75) is 16.2 Å². The molecule has 2 fully saturated rings. The Balaban J connectivity index is 1.75. The standard InChI is InChI=1S/C22H20ClNO7S/c1-29-13-31-17-5-8-19(30-2)14(10-17)9-15-12-24-20(25)11-22(24,21(15)26)32(27,28)18-6-3-16(23)4-7-18/h3-10H,11-13H2,1-2H3. The second kappa shape index (κ2) is 8.23. The third kappa shape index (κ3) is 3.37. The van der Waals surface area contributed by atoms with Crippen molar-refractivity contribution in [2.75, 3.05) is 27.6 Å². The minimum Gasteiger partial charge on any atom is -0.496 e. The van der Waals surface area contributed by atoms with Gasteiger partial charge in [-0.3, -0.25) is 9.59 Å². The van der Waals surface area contributed by atoms with E-state index >= 15 is 0 Å². The lowest BCUT2D eigenvalue weighted by Gasteiger charge is -2.44. The summed E-state index contributed by atoms with van der Waals surface area (Å²) in [5, 5.41) is 0.365. The zero-order valence-electron chi connectivity index (χ0n) is 17.3. The minimum absolute atomic E-state index is 0.0337. The molecule has 8 nitrogen and oxygen atoms in total. The van der Waals surface area contributed by atoms with Crippen molar-refractivity contribution in [3.63, 3.8) is 0 Å². The van der Waals surface area contributed by atoms with Crippen LogP contribution in [0.2, 0.25) is 5.02 Å². The molecule has 10 heteroatoms. The SMILES string of the molecule is COCOc1ccc(OC)c(C=C2CN3C(=O)CC3(S(=O)(=O)c3ccc(Cl)cc3)C2=O)c1. The molecule has 1 unspecified atom stereocenters. The predicted molar refractivity (Wildman–Crippen MR) is 116 cm³/mol. The first-order valence-corrected chi connectivity index (χ1v) is 11.5. The van der Waals surface area contributed by atoms with E-state index < -0.39 is 32.8 Å². The number of Topliss-reactive ketones (excluding diaryl/α,β-unsaturated/α-hetero) is 1. The van der Waals surface area contributed by atoms with Gasteiger partial charge in [0.1, 0.15) is 11.5 Å². The summed E-state index contributed by atoms with van der Waals surface area (Å²) in [6.45, 7) is -0.0806. The lowest BCUT2D eigenvalue weighted by Crippen LogP contribution is -2.67. The first-order chi connectivity index (χ1) is 15.2. The maximum atomic E-state index is 13.4. The molecule has 0 aliphatic carbocycles. The molecule has 168 valence electrons. The van der Waals surface area contributed by atoms with Crippen molar-refractivity contribution in [3.05, 3.63) is 58.6 Å². The molecular weight excluding hydrogens is 458 g/mol. The van der Waals surface area contributed by atoms with Crippen LogP contribution in [0.1, 0.15) is 12.0 Å². The highest BCUT2D eigenvalue weighted by Crippen LogP contribution is 2.48. The number of ketones is 1. The lowest BCUT2D eigenvalue weighted by molar-refractivity contribution is -0.150. The molecule has 2 aromatic rings. The summed E-state index contributed by atoms with van der Waals surface area (Å²) in [6.07, 6.45) is 1.13. The maximum Gasteiger partial charge on any atom is 0.228 e. The maximum absolute atomic E-state index is 13.4. The van der Waals surface area contributed by atoms with Crippen molar-refractivity contribution < 1.29 is 32.2 Å². The minimum atomic E-state index is -4.18. The van der Waals surface area contributed by atoms with Crippen LogP contribution in [-0.2, 0) is 24.2 Å². The van der Waals surface area contributed by atoms with Gasteiger partial charge in [0, 0.05) is 23.3 Å². The van der Waals surface area contributed by atoms with E-state index in [0.29, 0.717) is 22.1 Å². The van der Waals surface area contributed by atoms with E-state index in [1.54, 1.807) is 18.2 Å². The first kappa shape index (κ1) is 22.3. The summed E-state index contributed by atoms with van der Waals surface area (Å²) in [6, 6.07) is 10.5. The molecular formula is C22H20ClNO7S. The van der Waals surface area contributed by atoms with Crippen LogP contribution < -0.4 is 9.47 Å². The van der Waals surface area contributed by atoms with Gasteiger partial charge >= 0.3 is 0 Å². The summed E-state index contributed by atoms with van der Waals surface area (Å²) in [7, 11) is -1.21. The zero-order valence-corrected chi connectivity index (χ0v) is 18.9. The van der Waals surface area contributed by atoms with Crippen molar-refractivity contribution in [2.24, 2.45) is 0 Å². The third-order valence-corrected chi connectivity index (χ3v) is 8.13. The number of rotatable bonds is 7. The number of halogens is 1. The third-order valence-electron chi connectivity index (χ3n) is 5.55. The van der Waals surface area contributed by atoms with Gasteiger partial charge < -0.3 is 19.1 Å². The van der Waals surface area contributed by atoms with E-state index in [1.165, 1.54) is 44.6 Å². The van der Waals surface area contributed by atoms with Gasteiger partial charge in [0.05, 0.1) is 25.0 Å². The molecule has 0 saturated carbocycles. The van der Waals surface area contributed by atoms with Crippen LogP contribution in [0, 0.1) is 0 Å². The molecule has 0 spiro atoms. The van der Waals surface area contributed by atoms with E-state index in [9.17, 15) is 18.0 Å². The average Bonchev–Trinajstić information content (AvgIpc) is 3.00. The molecule has 4 rings (SSSR count). The van der Waals surface area contributed by atoms with Crippen LogP contribution in [0.4, 0.5) is 0 Å². The van der Waals surface area contributed by atoms with E-state index in [1.807, 2.05) is 0 Å². The largest absolute Gasteiger partial charge is 0.496 e. The monoisotopic (exact) mass is 477 g/mol. The van der Waals surface area contributed by atoms with Crippen LogP contribution in [0.5, 0.6) is 11.5 Å². The number of fused-ring (bicyclic) bond motifs is 1. The Morgan fingerprint density at radius 1 is 1.12 bits per heavy atom. The second-order valence-electron chi connectivity index (χ2n) is 7.35. The van der Waals surface area contributed by atoms with Crippen molar-refractivity contribution >= 4 is 39.2 Å². The molecule has 32 heavy (non-hydrogen) atoms. The molecule has 0 aromatic heterocycles. The first-order valence-electron chi connectivity index (χ1n) is 9.60. The number of carbonyl (C=O) groups is 2. The topological polar surface area (TPSA) is 99.2 Å². The zero-order chi connectivity index (χ0) is 23.1. The number of β-lactam (4-membered cyclic amide) rings is 1. The molecule has 0 bridgehead atoms. The highest BCUT2D eigenvalue weighted by atomic mass is 35.5. The summed E-state index contributed by atoms with van der Waals surface area (Å²) in [5.74, 6) is -0.0844. The molecule has 0 radical (unpaired) electrons. The number of carbonyl (C=O) groups excluding carboxylic acids is 2.